The number of aliphatic hydroxyl groups is 1. The zero-order valence-corrected chi connectivity index (χ0v) is 14.8. The van der Waals surface area contributed by atoms with E-state index in [-0.39, 0.29) is 18.6 Å². The van der Waals surface area contributed by atoms with Gasteiger partial charge in [0.1, 0.15) is 0 Å². The van der Waals surface area contributed by atoms with Crippen molar-refractivity contribution in [3.63, 3.8) is 0 Å². The molecule has 2 aromatic carbocycles. The van der Waals surface area contributed by atoms with Crippen LogP contribution in [-0.4, -0.2) is 39.1 Å². The maximum Gasteiger partial charge on any atom is 0.254 e. The minimum Gasteiger partial charge on any atom is -0.396 e. The fourth-order valence-electron chi connectivity index (χ4n) is 3.07. The Morgan fingerprint density at radius 1 is 1.15 bits per heavy atom. The standard InChI is InChI=1S/C21H23N3O2/c1-23(20(11-14-25)18-5-3-2-4-6-18)21(26)19-9-7-17(8-10-19)15-24-13-12-22-16-24/h2-10,12-13,16,20,25H,11,14-15H2,1H3. The second kappa shape index (κ2) is 8.45. The zero-order chi connectivity index (χ0) is 18.4. The lowest BCUT2D eigenvalue weighted by atomic mass is 10.0. The zero-order valence-electron chi connectivity index (χ0n) is 14.8. The van der Waals surface area contributed by atoms with Gasteiger partial charge in [-0.3, -0.25) is 4.79 Å². The van der Waals surface area contributed by atoms with Crippen molar-refractivity contribution in [2.45, 2.75) is 19.0 Å². The van der Waals surface area contributed by atoms with Crippen molar-refractivity contribution in [2.24, 2.45) is 0 Å². The van der Waals surface area contributed by atoms with Crippen molar-refractivity contribution in [1.82, 2.24) is 14.5 Å². The van der Waals surface area contributed by atoms with Crippen LogP contribution in [0.4, 0.5) is 0 Å². The van der Waals surface area contributed by atoms with Gasteiger partial charge in [0.25, 0.3) is 5.91 Å². The van der Waals surface area contributed by atoms with Gasteiger partial charge >= 0.3 is 0 Å². The molecule has 0 bridgehead atoms. The van der Waals surface area contributed by atoms with Crippen LogP contribution >= 0.6 is 0 Å². The fourth-order valence-corrected chi connectivity index (χ4v) is 3.07. The molecule has 1 unspecified atom stereocenters. The third kappa shape index (κ3) is 4.18. The number of nitrogens with zero attached hydrogens (tertiary/aromatic N) is 3. The maximum absolute atomic E-state index is 12.9. The van der Waals surface area contributed by atoms with E-state index in [0.29, 0.717) is 12.0 Å². The highest BCUT2D eigenvalue weighted by Gasteiger charge is 2.22. The van der Waals surface area contributed by atoms with Crippen molar-refractivity contribution in [2.75, 3.05) is 13.7 Å². The summed E-state index contributed by atoms with van der Waals surface area (Å²) in [4.78, 5) is 18.6. The molecule has 1 amide bonds. The van der Waals surface area contributed by atoms with Gasteiger partial charge in [-0.05, 0) is 29.7 Å². The summed E-state index contributed by atoms with van der Waals surface area (Å²) in [6, 6.07) is 17.3. The molecule has 134 valence electrons. The number of aliphatic hydroxyl groups excluding tert-OH is 1. The molecule has 5 heteroatoms. The van der Waals surface area contributed by atoms with E-state index in [9.17, 15) is 9.90 Å². The third-order valence-corrected chi connectivity index (χ3v) is 4.50. The molecule has 1 heterocycles. The Bertz CT molecular complexity index is 814. The minimum absolute atomic E-state index is 0.0288. The number of imidazole rings is 1. The number of hydrogen-bond acceptors (Lipinski definition) is 3. The molecule has 0 saturated heterocycles. The first-order valence-corrected chi connectivity index (χ1v) is 8.66. The molecule has 1 N–H and O–H groups in total. The van der Waals surface area contributed by atoms with Crippen molar-refractivity contribution in [3.05, 3.63) is 90.0 Å². The lowest BCUT2D eigenvalue weighted by molar-refractivity contribution is 0.0705. The van der Waals surface area contributed by atoms with Crippen LogP contribution in [0, 0.1) is 0 Å². The predicted molar refractivity (Wildman–Crippen MR) is 101 cm³/mol. The van der Waals surface area contributed by atoms with Crippen LogP contribution in [0.5, 0.6) is 0 Å². The van der Waals surface area contributed by atoms with Gasteiger partial charge in [-0.15, -0.1) is 0 Å². The van der Waals surface area contributed by atoms with Gasteiger partial charge in [0.2, 0.25) is 0 Å². The number of benzene rings is 2. The van der Waals surface area contributed by atoms with Crippen LogP contribution < -0.4 is 0 Å². The van der Waals surface area contributed by atoms with Crippen LogP contribution in [0.2, 0.25) is 0 Å². The molecule has 0 fully saturated rings. The van der Waals surface area contributed by atoms with E-state index in [0.717, 1.165) is 17.7 Å². The van der Waals surface area contributed by atoms with Crippen molar-refractivity contribution >= 4 is 5.91 Å². The highest BCUT2D eigenvalue weighted by Crippen LogP contribution is 2.24. The topological polar surface area (TPSA) is 58.4 Å². The van der Waals surface area contributed by atoms with Crippen molar-refractivity contribution in [1.29, 1.82) is 0 Å². The molecular formula is C21H23N3O2. The van der Waals surface area contributed by atoms with Gasteiger partial charge < -0.3 is 14.6 Å². The third-order valence-electron chi connectivity index (χ3n) is 4.50. The summed E-state index contributed by atoms with van der Waals surface area (Å²) in [6.45, 7) is 0.752. The Hall–Kier alpha value is -2.92. The molecule has 3 rings (SSSR count). The normalized spacial score (nSPS) is 11.9. The van der Waals surface area contributed by atoms with Gasteiger partial charge in [0.15, 0.2) is 0 Å². The highest BCUT2D eigenvalue weighted by atomic mass is 16.3. The summed E-state index contributed by atoms with van der Waals surface area (Å²) in [7, 11) is 1.79. The summed E-state index contributed by atoms with van der Waals surface area (Å²) in [5.41, 5.74) is 2.77. The molecule has 0 aliphatic rings. The number of hydrogen-bond donors (Lipinski definition) is 1. The van der Waals surface area contributed by atoms with Crippen LogP contribution in [-0.2, 0) is 6.54 Å². The Kier molecular flexibility index (Phi) is 5.81. The van der Waals surface area contributed by atoms with E-state index in [1.165, 1.54) is 0 Å². The summed E-state index contributed by atoms with van der Waals surface area (Å²) < 4.78 is 1.98. The molecule has 1 atom stereocenters. The monoisotopic (exact) mass is 349 g/mol. The summed E-state index contributed by atoms with van der Waals surface area (Å²) >= 11 is 0. The minimum atomic E-state index is -0.153. The van der Waals surface area contributed by atoms with Crippen LogP contribution in [0.1, 0.15) is 33.9 Å². The smallest absolute Gasteiger partial charge is 0.254 e. The number of carbonyl (C=O) groups is 1. The van der Waals surface area contributed by atoms with E-state index in [1.54, 1.807) is 24.5 Å². The van der Waals surface area contributed by atoms with Crippen LogP contribution in [0.3, 0.4) is 0 Å². The maximum atomic E-state index is 12.9. The average molecular weight is 349 g/mol. The van der Waals surface area contributed by atoms with Crippen molar-refractivity contribution in [3.8, 4) is 0 Å². The quantitative estimate of drug-likeness (QED) is 0.713. The first kappa shape index (κ1) is 17.9. The Labute approximate surface area is 153 Å². The first-order chi connectivity index (χ1) is 12.7. The van der Waals surface area contributed by atoms with E-state index < -0.39 is 0 Å². The largest absolute Gasteiger partial charge is 0.396 e. The summed E-state index contributed by atoms with van der Waals surface area (Å²) in [5.74, 6) is -0.0542. The molecule has 0 aliphatic heterocycles. The number of aromatic nitrogens is 2. The molecule has 0 radical (unpaired) electrons. The molecule has 3 aromatic rings. The van der Waals surface area contributed by atoms with Gasteiger partial charge in [0.05, 0.1) is 12.4 Å². The number of carbonyl (C=O) groups excluding carboxylic acids is 1. The molecule has 0 spiro atoms. The average Bonchev–Trinajstić information content (AvgIpc) is 3.19. The van der Waals surface area contributed by atoms with E-state index in [2.05, 4.69) is 4.98 Å². The van der Waals surface area contributed by atoms with Crippen LogP contribution in [0.15, 0.2) is 73.3 Å². The number of amides is 1. The lowest BCUT2D eigenvalue weighted by Crippen LogP contribution is -2.31. The van der Waals surface area contributed by atoms with Gasteiger partial charge in [-0.1, -0.05) is 42.5 Å². The summed E-state index contributed by atoms with van der Waals surface area (Å²) in [6.07, 6.45) is 5.93. The fraction of sp³-hybridized carbons (Fsp3) is 0.238. The van der Waals surface area contributed by atoms with E-state index in [4.69, 9.17) is 0 Å². The van der Waals surface area contributed by atoms with Crippen molar-refractivity contribution < 1.29 is 9.90 Å². The molecular weight excluding hydrogens is 326 g/mol. The molecule has 0 saturated carbocycles. The Balaban J connectivity index is 1.74. The predicted octanol–water partition coefficient (Wildman–Crippen LogP) is 3.13. The van der Waals surface area contributed by atoms with E-state index in [1.807, 2.05) is 65.4 Å². The molecule has 0 aliphatic carbocycles. The van der Waals surface area contributed by atoms with Gasteiger partial charge in [-0.2, -0.15) is 0 Å². The van der Waals surface area contributed by atoms with Gasteiger partial charge in [-0.25, -0.2) is 4.98 Å². The second-order valence-electron chi connectivity index (χ2n) is 6.29. The Morgan fingerprint density at radius 3 is 2.50 bits per heavy atom. The lowest BCUT2D eigenvalue weighted by Gasteiger charge is -2.28. The highest BCUT2D eigenvalue weighted by molar-refractivity contribution is 5.94. The Morgan fingerprint density at radius 2 is 1.88 bits per heavy atom. The van der Waals surface area contributed by atoms with E-state index >= 15 is 0 Å². The molecule has 26 heavy (non-hydrogen) atoms. The number of rotatable bonds is 7. The molecule has 5 nitrogen and oxygen atoms in total. The second-order valence-corrected chi connectivity index (χ2v) is 6.29. The summed E-state index contributed by atoms with van der Waals surface area (Å²) in [5, 5.41) is 9.41. The molecule has 1 aromatic heterocycles. The SMILES string of the molecule is CN(C(=O)c1ccc(Cn2ccnc2)cc1)C(CCO)c1ccccc1. The van der Waals surface area contributed by atoms with Gasteiger partial charge in [0, 0.05) is 38.2 Å². The van der Waals surface area contributed by atoms with Crippen LogP contribution in [0.25, 0.3) is 0 Å². The first-order valence-electron chi connectivity index (χ1n) is 8.66.